The van der Waals surface area contributed by atoms with Crippen LogP contribution >= 0.6 is 0 Å². The molecule has 152 valence electrons. The van der Waals surface area contributed by atoms with Crippen LogP contribution in [0.2, 0.25) is 0 Å². The summed E-state index contributed by atoms with van der Waals surface area (Å²) in [6, 6.07) is 4.93. The van der Waals surface area contributed by atoms with Crippen LogP contribution in [0.25, 0.3) is 0 Å². The number of anilines is 1. The van der Waals surface area contributed by atoms with Gasteiger partial charge < -0.3 is 25.8 Å². The number of nitrogens with one attached hydrogen (secondary N) is 3. The van der Waals surface area contributed by atoms with Crippen molar-refractivity contribution in [3.63, 3.8) is 0 Å². The van der Waals surface area contributed by atoms with E-state index < -0.39 is 12.1 Å². The lowest BCUT2D eigenvalue weighted by Gasteiger charge is -2.28. The zero-order valence-electron chi connectivity index (χ0n) is 16.2. The Hall–Kier alpha value is -2.77. The van der Waals surface area contributed by atoms with Crippen molar-refractivity contribution in [3.05, 3.63) is 23.8 Å². The Morgan fingerprint density at radius 1 is 1.29 bits per heavy atom. The van der Waals surface area contributed by atoms with E-state index in [1.54, 1.807) is 6.07 Å². The van der Waals surface area contributed by atoms with Crippen LogP contribution in [-0.2, 0) is 9.59 Å². The summed E-state index contributed by atoms with van der Waals surface area (Å²) in [6.45, 7) is 3.76. The zero-order chi connectivity index (χ0) is 20.3. The van der Waals surface area contributed by atoms with Gasteiger partial charge in [0.1, 0.15) is 5.75 Å². The first-order valence-corrected chi connectivity index (χ1v) is 9.78. The summed E-state index contributed by atoms with van der Waals surface area (Å²) >= 11 is 0. The molecule has 8 nitrogen and oxygen atoms in total. The number of amides is 3. The molecular formula is C20H27N3O5. The highest BCUT2D eigenvalue weighted by molar-refractivity contribution is 5.97. The van der Waals surface area contributed by atoms with Crippen LogP contribution in [0.3, 0.4) is 0 Å². The Morgan fingerprint density at radius 2 is 2.00 bits per heavy atom. The second-order valence-electron chi connectivity index (χ2n) is 7.49. The van der Waals surface area contributed by atoms with Gasteiger partial charge in [-0.25, -0.2) is 4.79 Å². The summed E-state index contributed by atoms with van der Waals surface area (Å²) in [4.78, 5) is 35.2. The van der Waals surface area contributed by atoms with E-state index >= 15 is 0 Å². The highest BCUT2D eigenvalue weighted by Crippen LogP contribution is 2.33. The van der Waals surface area contributed by atoms with Crippen LogP contribution in [-0.4, -0.2) is 35.2 Å². The maximum absolute atomic E-state index is 12.3. The molecule has 1 aromatic rings. The number of rotatable bonds is 5. The van der Waals surface area contributed by atoms with Crippen LogP contribution in [0.4, 0.5) is 10.5 Å². The van der Waals surface area contributed by atoms with E-state index in [1.807, 2.05) is 26.0 Å². The largest absolute Gasteiger partial charge is 0.481 e. The first kappa shape index (κ1) is 20.0. The minimum Gasteiger partial charge on any atom is -0.481 e. The quantitative estimate of drug-likeness (QED) is 0.618. The van der Waals surface area contributed by atoms with Gasteiger partial charge >= 0.3 is 12.0 Å². The molecule has 1 aromatic carbocycles. The summed E-state index contributed by atoms with van der Waals surface area (Å²) in [7, 11) is 0. The Bertz CT molecular complexity index is 758. The Labute approximate surface area is 164 Å². The van der Waals surface area contributed by atoms with Gasteiger partial charge in [-0.1, -0.05) is 13.0 Å². The predicted octanol–water partition coefficient (Wildman–Crippen LogP) is 2.80. The highest BCUT2D eigenvalue weighted by atomic mass is 16.5. The van der Waals surface area contributed by atoms with Crippen molar-refractivity contribution < 1.29 is 24.2 Å². The monoisotopic (exact) mass is 389 g/mol. The molecule has 0 bridgehead atoms. The third kappa shape index (κ3) is 4.55. The number of carboxylic acids is 1. The average molecular weight is 389 g/mol. The van der Waals surface area contributed by atoms with E-state index in [2.05, 4.69) is 16.0 Å². The average Bonchev–Trinajstić information content (AvgIpc) is 2.67. The number of hydrogen-bond donors (Lipinski definition) is 4. The van der Waals surface area contributed by atoms with E-state index in [-0.39, 0.29) is 29.9 Å². The molecule has 0 saturated heterocycles. The third-order valence-corrected chi connectivity index (χ3v) is 5.46. The molecule has 28 heavy (non-hydrogen) atoms. The number of carbonyl (C=O) groups is 3. The fourth-order valence-corrected chi connectivity index (χ4v) is 3.69. The molecule has 2 unspecified atom stereocenters. The number of aliphatic carboxylic acids is 1. The second kappa shape index (κ2) is 8.50. The normalized spacial score (nSPS) is 24.9. The molecule has 0 radical (unpaired) electrons. The fraction of sp³-hybridized carbons (Fsp3) is 0.550. The summed E-state index contributed by atoms with van der Waals surface area (Å²) < 4.78 is 5.75. The number of fused-ring (bicyclic) bond motifs is 1. The Morgan fingerprint density at radius 3 is 2.64 bits per heavy atom. The van der Waals surface area contributed by atoms with Crippen LogP contribution in [0, 0.1) is 5.92 Å². The topological polar surface area (TPSA) is 117 Å². The molecular weight excluding hydrogens is 362 g/mol. The van der Waals surface area contributed by atoms with Crippen LogP contribution in [0.5, 0.6) is 5.75 Å². The van der Waals surface area contributed by atoms with Gasteiger partial charge in [0.2, 0.25) is 0 Å². The molecule has 1 fully saturated rings. The summed E-state index contributed by atoms with van der Waals surface area (Å²) in [5.74, 6) is -0.605. The SMILES string of the molecule is CCC1Oc2cc(C(C)NC(=O)NC3CCC(C(=O)O)CC3)ccc2NC1=O. The van der Waals surface area contributed by atoms with E-state index in [0.717, 1.165) is 5.56 Å². The number of hydrogen-bond acceptors (Lipinski definition) is 4. The van der Waals surface area contributed by atoms with Gasteiger partial charge in [-0.05, 0) is 56.7 Å². The number of urea groups is 1. The van der Waals surface area contributed by atoms with Gasteiger partial charge in [0.25, 0.3) is 5.91 Å². The highest BCUT2D eigenvalue weighted by Gasteiger charge is 2.28. The van der Waals surface area contributed by atoms with E-state index in [1.165, 1.54) is 0 Å². The van der Waals surface area contributed by atoms with Gasteiger partial charge in [0.15, 0.2) is 6.10 Å². The summed E-state index contributed by atoms with van der Waals surface area (Å²) in [6.07, 6.45) is 2.59. The first-order chi connectivity index (χ1) is 13.4. The van der Waals surface area contributed by atoms with Gasteiger partial charge in [0, 0.05) is 6.04 Å². The Kier molecular flexibility index (Phi) is 6.06. The smallest absolute Gasteiger partial charge is 0.315 e. The van der Waals surface area contributed by atoms with Crippen molar-refractivity contribution in [1.82, 2.24) is 10.6 Å². The van der Waals surface area contributed by atoms with E-state index in [0.29, 0.717) is 43.5 Å². The third-order valence-electron chi connectivity index (χ3n) is 5.46. The minimum atomic E-state index is -0.757. The predicted molar refractivity (Wildman–Crippen MR) is 103 cm³/mol. The summed E-state index contributed by atoms with van der Waals surface area (Å²) in [5.41, 5.74) is 1.50. The zero-order valence-corrected chi connectivity index (χ0v) is 16.2. The number of carbonyl (C=O) groups excluding carboxylic acids is 2. The van der Waals surface area contributed by atoms with Gasteiger partial charge in [0.05, 0.1) is 17.6 Å². The maximum Gasteiger partial charge on any atom is 0.315 e. The molecule has 8 heteroatoms. The van der Waals surface area contributed by atoms with Crippen molar-refractivity contribution >= 4 is 23.6 Å². The van der Waals surface area contributed by atoms with Crippen molar-refractivity contribution in [2.75, 3.05) is 5.32 Å². The molecule has 3 amide bonds. The standard InChI is InChI=1S/C20H27N3O5/c1-3-16-18(24)23-15-9-6-13(10-17(15)28-16)11(2)21-20(27)22-14-7-4-12(5-8-14)19(25)26/h6,9-12,14,16H,3-5,7-8H2,1-2H3,(H,23,24)(H,25,26)(H2,21,22,27). The molecule has 2 aliphatic rings. The van der Waals surface area contributed by atoms with Gasteiger partial charge in [-0.15, -0.1) is 0 Å². The van der Waals surface area contributed by atoms with Gasteiger partial charge in [-0.2, -0.15) is 0 Å². The first-order valence-electron chi connectivity index (χ1n) is 9.78. The van der Waals surface area contributed by atoms with Crippen molar-refractivity contribution in [2.24, 2.45) is 5.92 Å². The molecule has 1 aliphatic heterocycles. The van der Waals surface area contributed by atoms with Crippen molar-refractivity contribution in [3.8, 4) is 5.75 Å². The lowest BCUT2D eigenvalue weighted by Crippen LogP contribution is -2.44. The lowest BCUT2D eigenvalue weighted by atomic mass is 9.86. The lowest BCUT2D eigenvalue weighted by molar-refractivity contribution is -0.142. The molecule has 4 N–H and O–H groups in total. The molecule has 2 atom stereocenters. The van der Waals surface area contributed by atoms with Crippen molar-refractivity contribution in [2.45, 2.75) is 64.1 Å². The molecule has 0 aromatic heterocycles. The van der Waals surface area contributed by atoms with Crippen LogP contribution in [0.15, 0.2) is 18.2 Å². The molecule has 1 heterocycles. The number of ether oxygens (including phenoxy) is 1. The van der Waals surface area contributed by atoms with Crippen molar-refractivity contribution in [1.29, 1.82) is 0 Å². The minimum absolute atomic E-state index is 0.00445. The second-order valence-corrected chi connectivity index (χ2v) is 7.49. The number of carboxylic acid groups (broad SMARTS) is 1. The van der Waals surface area contributed by atoms with E-state index in [4.69, 9.17) is 9.84 Å². The van der Waals surface area contributed by atoms with Crippen LogP contribution < -0.4 is 20.7 Å². The van der Waals surface area contributed by atoms with Crippen LogP contribution in [0.1, 0.15) is 57.6 Å². The van der Waals surface area contributed by atoms with E-state index in [9.17, 15) is 14.4 Å². The molecule has 3 rings (SSSR count). The fourth-order valence-electron chi connectivity index (χ4n) is 3.69. The maximum atomic E-state index is 12.3. The van der Waals surface area contributed by atoms with Gasteiger partial charge in [-0.3, -0.25) is 9.59 Å². The molecule has 1 saturated carbocycles. The molecule has 0 spiro atoms. The number of benzene rings is 1. The molecule has 1 aliphatic carbocycles. The Balaban J connectivity index is 1.55. The summed E-state index contributed by atoms with van der Waals surface area (Å²) in [5, 5.41) is 17.7.